The van der Waals surface area contributed by atoms with Crippen molar-refractivity contribution in [2.24, 2.45) is 0 Å². The molecule has 0 N–H and O–H groups in total. The van der Waals surface area contributed by atoms with Crippen LogP contribution in [0, 0.1) is 0 Å². The van der Waals surface area contributed by atoms with Gasteiger partial charge < -0.3 is 18.9 Å². The highest BCUT2D eigenvalue weighted by Gasteiger charge is 2.17. The quantitative estimate of drug-likeness (QED) is 0.349. The highest BCUT2D eigenvalue weighted by molar-refractivity contribution is 7.98. The topological polar surface area (TPSA) is 65.3 Å². The zero-order chi connectivity index (χ0) is 22.1. The molecule has 0 aliphatic carbocycles. The summed E-state index contributed by atoms with van der Waals surface area (Å²) < 4.78 is 13.0. The number of thioether (sulfide) groups is 1. The first kappa shape index (κ1) is 20.8. The van der Waals surface area contributed by atoms with Crippen LogP contribution in [0.1, 0.15) is 12.6 Å². The van der Waals surface area contributed by atoms with Gasteiger partial charge in [-0.2, -0.15) is 0 Å². The van der Waals surface area contributed by atoms with Gasteiger partial charge in [0.2, 0.25) is 6.79 Å². The van der Waals surface area contributed by atoms with Crippen molar-refractivity contribution in [2.75, 3.05) is 25.8 Å². The monoisotopic (exact) mass is 465 g/mol. The standard InChI is InChI=1S/C23H23N5O2S2/c1-4-28-21(15-6-5-7-18(10-15)27(2)3)25-26-23(28)32-13-17-12-31-22(24-17)16-8-9-19-20(11-16)30-14-29-19/h5-12H,4,13-14H2,1-3H3. The number of anilines is 1. The summed E-state index contributed by atoms with van der Waals surface area (Å²) >= 11 is 3.29. The van der Waals surface area contributed by atoms with E-state index in [1.807, 2.05) is 32.3 Å². The minimum Gasteiger partial charge on any atom is -0.454 e. The number of nitrogens with zero attached hydrogens (tertiary/aromatic N) is 5. The van der Waals surface area contributed by atoms with E-state index < -0.39 is 0 Å². The number of thiazole rings is 1. The van der Waals surface area contributed by atoms with Gasteiger partial charge >= 0.3 is 0 Å². The fourth-order valence-corrected chi connectivity index (χ4v) is 5.31. The highest BCUT2D eigenvalue weighted by atomic mass is 32.2. The molecule has 0 radical (unpaired) electrons. The summed E-state index contributed by atoms with van der Waals surface area (Å²) in [4.78, 5) is 6.90. The Morgan fingerprint density at radius 1 is 1.06 bits per heavy atom. The first-order valence-corrected chi connectivity index (χ1v) is 12.2. The van der Waals surface area contributed by atoms with E-state index in [0.717, 1.165) is 62.3 Å². The molecule has 0 saturated carbocycles. The number of benzene rings is 2. The number of aromatic nitrogens is 4. The van der Waals surface area contributed by atoms with Crippen molar-refractivity contribution in [3.63, 3.8) is 0 Å². The van der Waals surface area contributed by atoms with Gasteiger partial charge in [0.05, 0.1) is 5.69 Å². The van der Waals surface area contributed by atoms with Crippen molar-refractivity contribution in [3.8, 4) is 33.5 Å². The highest BCUT2D eigenvalue weighted by Crippen LogP contribution is 2.37. The van der Waals surface area contributed by atoms with E-state index in [4.69, 9.17) is 14.5 Å². The van der Waals surface area contributed by atoms with Crippen molar-refractivity contribution >= 4 is 28.8 Å². The summed E-state index contributed by atoms with van der Waals surface area (Å²) in [5, 5.41) is 12.9. The molecule has 4 aromatic rings. The lowest BCUT2D eigenvalue weighted by molar-refractivity contribution is 0.174. The summed E-state index contributed by atoms with van der Waals surface area (Å²) in [6, 6.07) is 14.3. The largest absolute Gasteiger partial charge is 0.454 e. The molecule has 5 rings (SSSR count). The Balaban J connectivity index is 1.32. The van der Waals surface area contributed by atoms with E-state index in [0.29, 0.717) is 0 Å². The number of hydrogen-bond acceptors (Lipinski definition) is 8. The van der Waals surface area contributed by atoms with E-state index in [-0.39, 0.29) is 6.79 Å². The molecule has 0 unspecified atom stereocenters. The zero-order valence-electron chi connectivity index (χ0n) is 18.1. The number of fused-ring (bicyclic) bond motifs is 1. The van der Waals surface area contributed by atoms with Gasteiger partial charge in [-0.15, -0.1) is 21.5 Å². The first-order chi connectivity index (χ1) is 15.6. The molecule has 7 nitrogen and oxygen atoms in total. The van der Waals surface area contributed by atoms with Gasteiger partial charge in [-0.25, -0.2) is 4.98 Å². The zero-order valence-corrected chi connectivity index (χ0v) is 19.7. The van der Waals surface area contributed by atoms with Gasteiger partial charge in [0.25, 0.3) is 0 Å². The SMILES string of the molecule is CCn1c(SCc2csc(-c3ccc4c(c3)OCO4)n2)nnc1-c1cccc(N(C)C)c1. The lowest BCUT2D eigenvalue weighted by atomic mass is 10.2. The Bertz CT molecular complexity index is 1250. The average Bonchev–Trinajstić information content (AvgIpc) is 3.56. The molecule has 0 spiro atoms. The third kappa shape index (κ3) is 4.05. The summed E-state index contributed by atoms with van der Waals surface area (Å²) in [7, 11) is 4.08. The van der Waals surface area contributed by atoms with E-state index in [2.05, 4.69) is 56.2 Å². The molecule has 0 atom stereocenters. The predicted molar refractivity (Wildman–Crippen MR) is 129 cm³/mol. The second kappa shape index (κ2) is 8.84. The Kier molecular flexibility index (Phi) is 5.75. The van der Waals surface area contributed by atoms with Crippen molar-refractivity contribution in [2.45, 2.75) is 24.4 Å². The van der Waals surface area contributed by atoms with Crippen LogP contribution in [0.4, 0.5) is 5.69 Å². The van der Waals surface area contributed by atoms with Crippen LogP contribution < -0.4 is 14.4 Å². The van der Waals surface area contributed by atoms with E-state index >= 15 is 0 Å². The van der Waals surface area contributed by atoms with Crippen LogP contribution in [0.15, 0.2) is 53.0 Å². The molecule has 1 aliphatic heterocycles. The molecule has 2 aromatic heterocycles. The van der Waals surface area contributed by atoms with Crippen molar-refractivity contribution in [3.05, 3.63) is 53.5 Å². The Hall–Kier alpha value is -3.04. The Morgan fingerprint density at radius 3 is 2.78 bits per heavy atom. The molecule has 164 valence electrons. The normalized spacial score (nSPS) is 12.3. The molecule has 2 aromatic carbocycles. The van der Waals surface area contributed by atoms with Gasteiger partial charge in [-0.1, -0.05) is 23.9 Å². The molecule has 0 fully saturated rings. The predicted octanol–water partition coefficient (Wildman–Crippen LogP) is 5.18. The molecular formula is C23H23N5O2S2. The summed E-state index contributed by atoms with van der Waals surface area (Å²) in [5.74, 6) is 3.18. The van der Waals surface area contributed by atoms with Crippen LogP contribution in [0.25, 0.3) is 22.0 Å². The molecule has 32 heavy (non-hydrogen) atoms. The number of ether oxygens (including phenoxy) is 2. The summed E-state index contributed by atoms with van der Waals surface area (Å²) in [5.41, 5.74) is 4.27. The third-order valence-corrected chi connectivity index (χ3v) is 7.11. The number of rotatable bonds is 7. The first-order valence-electron chi connectivity index (χ1n) is 10.3. The third-order valence-electron chi connectivity index (χ3n) is 5.17. The van der Waals surface area contributed by atoms with Crippen LogP contribution in [0.2, 0.25) is 0 Å². The van der Waals surface area contributed by atoms with E-state index in [1.165, 1.54) is 0 Å². The molecule has 0 amide bonds. The fourth-order valence-electron chi connectivity index (χ4n) is 3.49. The smallest absolute Gasteiger partial charge is 0.231 e. The van der Waals surface area contributed by atoms with Gasteiger partial charge in [-0.05, 0) is 37.3 Å². The fraction of sp³-hybridized carbons (Fsp3) is 0.261. The van der Waals surface area contributed by atoms with Gasteiger partial charge in [0.15, 0.2) is 22.5 Å². The lowest BCUT2D eigenvalue weighted by Gasteiger charge is -2.13. The average molecular weight is 466 g/mol. The van der Waals surface area contributed by atoms with Gasteiger partial charge in [-0.3, -0.25) is 0 Å². The van der Waals surface area contributed by atoms with E-state index in [9.17, 15) is 0 Å². The molecule has 0 saturated heterocycles. The maximum atomic E-state index is 5.49. The molecule has 9 heteroatoms. The van der Waals surface area contributed by atoms with Crippen molar-refractivity contribution in [1.29, 1.82) is 0 Å². The van der Waals surface area contributed by atoms with Crippen LogP contribution in [-0.2, 0) is 12.3 Å². The van der Waals surface area contributed by atoms with Crippen LogP contribution >= 0.6 is 23.1 Å². The summed E-state index contributed by atoms with van der Waals surface area (Å²) in [6.07, 6.45) is 0. The number of hydrogen-bond donors (Lipinski definition) is 0. The van der Waals surface area contributed by atoms with Crippen LogP contribution in [-0.4, -0.2) is 40.6 Å². The van der Waals surface area contributed by atoms with Crippen LogP contribution in [0.5, 0.6) is 11.5 Å². The lowest BCUT2D eigenvalue weighted by Crippen LogP contribution is -2.08. The van der Waals surface area contributed by atoms with Crippen LogP contribution in [0.3, 0.4) is 0 Å². The Labute approximate surface area is 195 Å². The second-order valence-electron chi connectivity index (χ2n) is 7.50. The second-order valence-corrected chi connectivity index (χ2v) is 9.30. The van der Waals surface area contributed by atoms with Gasteiger partial charge in [0, 0.05) is 48.6 Å². The molecule has 1 aliphatic rings. The maximum absolute atomic E-state index is 5.49. The maximum Gasteiger partial charge on any atom is 0.231 e. The Morgan fingerprint density at radius 2 is 1.94 bits per heavy atom. The summed E-state index contributed by atoms with van der Waals surface area (Å²) in [6.45, 7) is 3.20. The minimum atomic E-state index is 0.276. The van der Waals surface area contributed by atoms with E-state index in [1.54, 1.807) is 23.1 Å². The van der Waals surface area contributed by atoms with Crippen molar-refractivity contribution in [1.82, 2.24) is 19.7 Å². The minimum absolute atomic E-state index is 0.276. The molecule has 3 heterocycles. The van der Waals surface area contributed by atoms with Gasteiger partial charge in [0.1, 0.15) is 5.01 Å². The molecular weight excluding hydrogens is 442 g/mol. The molecule has 0 bridgehead atoms. The van der Waals surface area contributed by atoms with Crippen molar-refractivity contribution < 1.29 is 9.47 Å².